The van der Waals surface area contributed by atoms with Crippen LogP contribution in [-0.2, 0) is 4.79 Å². The minimum Gasteiger partial charge on any atom is -0.394 e. The van der Waals surface area contributed by atoms with E-state index < -0.39 is 18.2 Å². The molecule has 4 N–H and O–H groups in total. The van der Waals surface area contributed by atoms with Gasteiger partial charge < -0.3 is 20.6 Å². The molecular weight excluding hydrogens is 450 g/mol. The Balaban J connectivity index is 3.32. The number of carbonyl (C=O) groups excluding carboxylic acids is 1. The van der Waals surface area contributed by atoms with Crippen molar-refractivity contribution in [3.63, 3.8) is 0 Å². The Morgan fingerprint density at radius 2 is 0.917 bits per heavy atom. The molecule has 5 heteroatoms. The molecule has 0 saturated carbocycles. The molecule has 0 saturated heterocycles. The summed E-state index contributed by atoms with van der Waals surface area (Å²) in [6, 6.07) is -0.799. The first-order valence-electron chi connectivity index (χ1n) is 15.8. The van der Waals surface area contributed by atoms with E-state index in [2.05, 4.69) is 12.2 Å². The molecule has 0 bridgehead atoms. The number of aliphatic hydroxyl groups is 3. The van der Waals surface area contributed by atoms with Crippen LogP contribution in [0.4, 0.5) is 0 Å². The predicted octanol–water partition coefficient (Wildman–Crippen LogP) is 7.59. The molecule has 3 atom stereocenters. The summed E-state index contributed by atoms with van der Waals surface area (Å²) in [5, 5.41) is 31.6. The lowest BCUT2D eigenvalue weighted by molar-refractivity contribution is -0.124. The molecule has 0 aromatic rings. The zero-order valence-electron chi connectivity index (χ0n) is 24.2. The average molecular weight is 514 g/mol. The fourth-order valence-corrected chi connectivity index (χ4v) is 4.92. The van der Waals surface area contributed by atoms with Crippen LogP contribution in [0.25, 0.3) is 0 Å². The topological polar surface area (TPSA) is 89.8 Å². The summed E-state index contributed by atoms with van der Waals surface area (Å²) in [6.07, 6.45) is 28.3. The zero-order valence-corrected chi connectivity index (χ0v) is 24.2. The molecule has 3 unspecified atom stereocenters. The van der Waals surface area contributed by atoms with Gasteiger partial charge in [-0.25, -0.2) is 0 Å². The highest BCUT2D eigenvalue weighted by molar-refractivity contribution is 5.76. The molecule has 0 heterocycles. The Kier molecular flexibility index (Phi) is 26.9. The Labute approximate surface area is 224 Å². The second kappa shape index (κ2) is 27.4. The molecule has 0 aliphatic rings. The van der Waals surface area contributed by atoms with Crippen molar-refractivity contribution < 1.29 is 20.1 Å². The smallest absolute Gasteiger partial charge is 0.220 e. The lowest BCUT2D eigenvalue weighted by Gasteiger charge is -2.25. The third kappa shape index (κ3) is 22.5. The highest BCUT2D eigenvalue weighted by Crippen LogP contribution is 2.15. The van der Waals surface area contributed by atoms with Gasteiger partial charge in [-0.3, -0.25) is 4.79 Å². The van der Waals surface area contributed by atoms with Gasteiger partial charge in [-0.15, -0.1) is 0 Å². The standard InChI is InChI=1S/C31H63NO4/c1-3-5-6-7-8-9-10-11-12-13-14-15-16-17-18-19-20-21-22-23-24-25-26-30(35)32-28(27-33)31(36)29(34)4-2/h28-29,31,33-34,36H,3-27H2,1-2H3,(H,32,35). The maximum atomic E-state index is 12.0. The van der Waals surface area contributed by atoms with Crippen LogP contribution in [0.2, 0.25) is 0 Å². The van der Waals surface area contributed by atoms with Gasteiger partial charge in [-0.1, -0.05) is 149 Å². The minimum absolute atomic E-state index is 0.162. The second-order valence-electron chi connectivity index (χ2n) is 11.0. The average Bonchev–Trinajstić information content (AvgIpc) is 2.89. The van der Waals surface area contributed by atoms with Crippen molar-refractivity contribution in [1.82, 2.24) is 5.32 Å². The number of hydrogen-bond acceptors (Lipinski definition) is 4. The Bertz CT molecular complexity index is 460. The van der Waals surface area contributed by atoms with Gasteiger partial charge in [0.25, 0.3) is 0 Å². The molecule has 0 aliphatic heterocycles. The largest absolute Gasteiger partial charge is 0.394 e. The predicted molar refractivity (Wildman–Crippen MR) is 153 cm³/mol. The second-order valence-corrected chi connectivity index (χ2v) is 11.0. The number of aliphatic hydroxyl groups excluding tert-OH is 3. The third-order valence-electron chi connectivity index (χ3n) is 7.53. The van der Waals surface area contributed by atoms with Gasteiger partial charge in [0.05, 0.1) is 18.8 Å². The van der Waals surface area contributed by atoms with E-state index in [-0.39, 0.29) is 12.5 Å². The molecular formula is C31H63NO4. The van der Waals surface area contributed by atoms with E-state index in [0.29, 0.717) is 12.8 Å². The van der Waals surface area contributed by atoms with Crippen LogP contribution in [0.3, 0.4) is 0 Å². The van der Waals surface area contributed by atoms with Crippen molar-refractivity contribution in [2.24, 2.45) is 0 Å². The van der Waals surface area contributed by atoms with Crippen molar-refractivity contribution in [2.75, 3.05) is 6.61 Å². The van der Waals surface area contributed by atoms with Crippen LogP contribution in [0, 0.1) is 0 Å². The monoisotopic (exact) mass is 513 g/mol. The molecule has 0 aliphatic carbocycles. The molecule has 0 spiro atoms. The molecule has 0 rings (SSSR count). The molecule has 0 aromatic heterocycles. The summed E-state index contributed by atoms with van der Waals surface area (Å²) < 4.78 is 0. The first-order chi connectivity index (χ1) is 17.6. The van der Waals surface area contributed by atoms with E-state index in [1.807, 2.05) is 0 Å². The maximum Gasteiger partial charge on any atom is 0.220 e. The Hall–Kier alpha value is -0.650. The van der Waals surface area contributed by atoms with Crippen molar-refractivity contribution in [3.8, 4) is 0 Å². The van der Waals surface area contributed by atoms with E-state index in [9.17, 15) is 20.1 Å². The number of hydrogen-bond donors (Lipinski definition) is 4. The van der Waals surface area contributed by atoms with E-state index in [1.54, 1.807) is 6.92 Å². The fraction of sp³-hybridized carbons (Fsp3) is 0.968. The molecule has 216 valence electrons. The number of unbranched alkanes of at least 4 members (excludes halogenated alkanes) is 21. The highest BCUT2D eigenvalue weighted by atomic mass is 16.3. The summed E-state index contributed by atoms with van der Waals surface area (Å²) in [7, 11) is 0. The lowest BCUT2D eigenvalue weighted by atomic mass is 10.0. The summed E-state index contributed by atoms with van der Waals surface area (Å²) >= 11 is 0. The van der Waals surface area contributed by atoms with Gasteiger partial charge in [0.2, 0.25) is 5.91 Å². The summed E-state index contributed by atoms with van der Waals surface area (Å²) in [4.78, 5) is 12.0. The fourth-order valence-electron chi connectivity index (χ4n) is 4.92. The quantitative estimate of drug-likeness (QED) is 0.0811. The van der Waals surface area contributed by atoms with Gasteiger partial charge in [-0.05, 0) is 12.8 Å². The molecule has 1 amide bonds. The van der Waals surface area contributed by atoms with Gasteiger partial charge in [0.15, 0.2) is 0 Å². The normalized spacial score (nSPS) is 14.0. The van der Waals surface area contributed by atoms with Crippen LogP contribution in [0.1, 0.15) is 168 Å². The third-order valence-corrected chi connectivity index (χ3v) is 7.53. The first kappa shape index (κ1) is 35.4. The van der Waals surface area contributed by atoms with Crippen molar-refractivity contribution in [2.45, 2.75) is 186 Å². The SMILES string of the molecule is CCCCCCCCCCCCCCCCCCCCCCCCC(=O)NC(CO)C(O)C(O)CC. The Morgan fingerprint density at radius 1 is 0.583 bits per heavy atom. The first-order valence-corrected chi connectivity index (χ1v) is 15.8. The summed E-state index contributed by atoms with van der Waals surface area (Å²) in [5.41, 5.74) is 0. The highest BCUT2D eigenvalue weighted by Gasteiger charge is 2.25. The zero-order chi connectivity index (χ0) is 26.7. The Morgan fingerprint density at radius 3 is 1.22 bits per heavy atom. The molecule has 36 heavy (non-hydrogen) atoms. The van der Waals surface area contributed by atoms with Gasteiger partial charge in [0, 0.05) is 6.42 Å². The number of amides is 1. The lowest BCUT2D eigenvalue weighted by Crippen LogP contribution is -2.50. The maximum absolute atomic E-state index is 12.0. The van der Waals surface area contributed by atoms with Crippen LogP contribution in [0.15, 0.2) is 0 Å². The molecule has 5 nitrogen and oxygen atoms in total. The van der Waals surface area contributed by atoms with Crippen LogP contribution in [0.5, 0.6) is 0 Å². The van der Waals surface area contributed by atoms with E-state index >= 15 is 0 Å². The van der Waals surface area contributed by atoms with Crippen molar-refractivity contribution >= 4 is 5.91 Å². The van der Waals surface area contributed by atoms with Crippen LogP contribution in [-0.4, -0.2) is 46.1 Å². The van der Waals surface area contributed by atoms with Crippen LogP contribution >= 0.6 is 0 Å². The molecule has 0 fully saturated rings. The van der Waals surface area contributed by atoms with Gasteiger partial charge >= 0.3 is 0 Å². The van der Waals surface area contributed by atoms with Crippen molar-refractivity contribution in [3.05, 3.63) is 0 Å². The van der Waals surface area contributed by atoms with E-state index in [4.69, 9.17) is 0 Å². The molecule has 0 radical (unpaired) electrons. The minimum atomic E-state index is -1.13. The van der Waals surface area contributed by atoms with Crippen molar-refractivity contribution in [1.29, 1.82) is 0 Å². The van der Waals surface area contributed by atoms with Crippen LogP contribution < -0.4 is 5.32 Å². The number of carbonyl (C=O) groups is 1. The number of rotatable bonds is 28. The number of nitrogens with one attached hydrogen (secondary N) is 1. The van der Waals surface area contributed by atoms with Gasteiger partial charge in [0.1, 0.15) is 6.10 Å². The summed E-state index contributed by atoms with van der Waals surface area (Å²) in [5.74, 6) is -0.162. The van der Waals surface area contributed by atoms with E-state index in [0.717, 1.165) is 19.3 Å². The summed E-state index contributed by atoms with van der Waals surface area (Å²) in [6.45, 7) is 3.67. The van der Waals surface area contributed by atoms with Gasteiger partial charge in [-0.2, -0.15) is 0 Å². The molecule has 0 aromatic carbocycles. The van der Waals surface area contributed by atoms with E-state index in [1.165, 1.54) is 122 Å².